The summed E-state index contributed by atoms with van der Waals surface area (Å²) in [5.74, 6) is 2.53. The van der Waals surface area contributed by atoms with Crippen LogP contribution in [0.25, 0.3) is 0 Å². The molecule has 1 rings (SSSR count). The SMILES string of the molecule is CCNC(=NCCCCOCC)NCCc1nc(C(C)C)no1.I. The Balaban J connectivity index is 0.00000529. The highest BCUT2D eigenvalue weighted by molar-refractivity contribution is 14.0. The summed E-state index contributed by atoms with van der Waals surface area (Å²) < 4.78 is 10.5. The van der Waals surface area contributed by atoms with Crippen molar-refractivity contribution >= 4 is 29.9 Å². The number of guanidine groups is 1. The highest BCUT2D eigenvalue weighted by atomic mass is 127. The third-order valence-corrected chi connectivity index (χ3v) is 3.15. The molecule has 0 saturated carbocycles. The van der Waals surface area contributed by atoms with Crippen molar-refractivity contribution in [3.8, 4) is 0 Å². The molecule has 2 N–H and O–H groups in total. The van der Waals surface area contributed by atoms with E-state index in [1.54, 1.807) is 0 Å². The van der Waals surface area contributed by atoms with Gasteiger partial charge in [0.2, 0.25) is 5.89 Å². The molecule has 0 radical (unpaired) electrons. The zero-order valence-corrected chi connectivity index (χ0v) is 17.6. The van der Waals surface area contributed by atoms with Crippen LogP contribution in [0.3, 0.4) is 0 Å². The first-order valence-electron chi connectivity index (χ1n) is 8.59. The molecule has 7 nitrogen and oxygen atoms in total. The second kappa shape index (κ2) is 14.4. The van der Waals surface area contributed by atoms with Gasteiger partial charge in [0.25, 0.3) is 0 Å². The Morgan fingerprint density at radius 2 is 2.04 bits per heavy atom. The molecule has 0 amide bonds. The Labute approximate surface area is 162 Å². The second-order valence-corrected chi connectivity index (χ2v) is 5.54. The maximum Gasteiger partial charge on any atom is 0.228 e. The van der Waals surface area contributed by atoms with Crippen LogP contribution < -0.4 is 10.6 Å². The van der Waals surface area contributed by atoms with Gasteiger partial charge in [-0.05, 0) is 26.7 Å². The summed E-state index contributed by atoms with van der Waals surface area (Å²) in [4.78, 5) is 8.91. The number of ether oxygens (including phenoxy) is 1. The molecule has 0 aliphatic heterocycles. The van der Waals surface area contributed by atoms with Gasteiger partial charge in [-0.3, -0.25) is 4.99 Å². The number of unbranched alkanes of at least 4 members (excludes halogenated alkanes) is 1. The Kier molecular flexibility index (Phi) is 13.9. The first kappa shape index (κ1) is 23.1. The number of hydrogen-bond acceptors (Lipinski definition) is 5. The Morgan fingerprint density at radius 1 is 1.25 bits per heavy atom. The van der Waals surface area contributed by atoms with Crippen molar-refractivity contribution in [2.75, 3.05) is 32.8 Å². The molecule has 0 unspecified atom stereocenters. The molecule has 0 bridgehead atoms. The van der Waals surface area contributed by atoms with E-state index in [1.807, 2.05) is 20.8 Å². The number of rotatable bonds is 11. The van der Waals surface area contributed by atoms with Crippen LogP contribution in [0.1, 0.15) is 58.2 Å². The van der Waals surface area contributed by atoms with Crippen LogP contribution in [0.5, 0.6) is 0 Å². The molecule has 0 aromatic carbocycles. The van der Waals surface area contributed by atoms with E-state index in [4.69, 9.17) is 9.26 Å². The van der Waals surface area contributed by atoms with Crippen LogP contribution in [0.15, 0.2) is 9.52 Å². The Morgan fingerprint density at radius 3 is 2.67 bits per heavy atom. The molecule has 24 heavy (non-hydrogen) atoms. The number of halogens is 1. The quantitative estimate of drug-likeness (QED) is 0.232. The molecule has 1 aromatic heterocycles. The van der Waals surface area contributed by atoms with E-state index in [2.05, 4.69) is 32.7 Å². The molecule has 1 heterocycles. The van der Waals surface area contributed by atoms with Crippen molar-refractivity contribution in [3.05, 3.63) is 11.7 Å². The van der Waals surface area contributed by atoms with Gasteiger partial charge in [0.1, 0.15) is 0 Å². The lowest BCUT2D eigenvalue weighted by molar-refractivity contribution is 0.144. The third-order valence-electron chi connectivity index (χ3n) is 3.15. The van der Waals surface area contributed by atoms with Gasteiger partial charge in [-0.15, -0.1) is 24.0 Å². The number of aromatic nitrogens is 2. The zero-order valence-electron chi connectivity index (χ0n) is 15.3. The standard InChI is InChI=1S/C16H31N5O2.HI/c1-5-17-16(18-10-7-8-12-22-6-2)19-11-9-14-20-15(13(3)4)21-23-14;/h13H,5-12H2,1-4H3,(H2,17,18,19);1H. The van der Waals surface area contributed by atoms with Crippen LogP contribution in [-0.4, -0.2) is 48.9 Å². The normalized spacial score (nSPS) is 11.5. The predicted molar refractivity (Wildman–Crippen MR) is 107 cm³/mol. The van der Waals surface area contributed by atoms with E-state index in [9.17, 15) is 0 Å². The molecule has 0 atom stereocenters. The highest BCUT2D eigenvalue weighted by Crippen LogP contribution is 2.09. The molecule has 8 heteroatoms. The first-order valence-corrected chi connectivity index (χ1v) is 8.59. The number of nitrogens with zero attached hydrogens (tertiary/aromatic N) is 3. The van der Waals surface area contributed by atoms with E-state index in [1.165, 1.54) is 0 Å². The summed E-state index contributed by atoms with van der Waals surface area (Å²) in [6, 6.07) is 0. The highest BCUT2D eigenvalue weighted by Gasteiger charge is 2.09. The van der Waals surface area contributed by atoms with Crippen LogP contribution in [0.4, 0.5) is 0 Å². The van der Waals surface area contributed by atoms with Crippen molar-refractivity contribution in [1.82, 2.24) is 20.8 Å². The van der Waals surface area contributed by atoms with E-state index in [-0.39, 0.29) is 29.9 Å². The van der Waals surface area contributed by atoms with Gasteiger partial charge in [-0.25, -0.2) is 0 Å². The van der Waals surface area contributed by atoms with Gasteiger partial charge in [-0.1, -0.05) is 19.0 Å². The monoisotopic (exact) mass is 453 g/mol. The van der Waals surface area contributed by atoms with Crippen LogP contribution >= 0.6 is 24.0 Å². The zero-order chi connectivity index (χ0) is 16.9. The van der Waals surface area contributed by atoms with Gasteiger partial charge >= 0.3 is 0 Å². The van der Waals surface area contributed by atoms with Gasteiger partial charge in [0.15, 0.2) is 11.8 Å². The maximum absolute atomic E-state index is 5.32. The molecule has 0 fully saturated rings. The molecular formula is C16H32IN5O2. The summed E-state index contributed by atoms with van der Waals surface area (Å²) in [7, 11) is 0. The summed E-state index contributed by atoms with van der Waals surface area (Å²) in [5, 5.41) is 10.5. The lowest BCUT2D eigenvalue weighted by atomic mass is 10.2. The van der Waals surface area contributed by atoms with Gasteiger partial charge in [-0.2, -0.15) is 4.98 Å². The van der Waals surface area contributed by atoms with Crippen LogP contribution in [0.2, 0.25) is 0 Å². The third kappa shape index (κ3) is 10.1. The predicted octanol–water partition coefficient (Wildman–Crippen LogP) is 2.73. The Hall–Kier alpha value is -0.900. The van der Waals surface area contributed by atoms with E-state index >= 15 is 0 Å². The smallest absolute Gasteiger partial charge is 0.228 e. The summed E-state index contributed by atoms with van der Waals surface area (Å²) in [6.45, 7) is 12.1. The minimum atomic E-state index is 0. The average Bonchev–Trinajstić information content (AvgIpc) is 3.00. The van der Waals surface area contributed by atoms with Crippen LogP contribution in [0, 0.1) is 0 Å². The lowest BCUT2D eigenvalue weighted by Crippen LogP contribution is -2.38. The van der Waals surface area contributed by atoms with Crippen LogP contribution in [-0.2, 0) is 11.2 Å². The van der Waals surface area contributed by atoms with Crippen molar-refractivity contribution < 1.29 is 9.26 Å². The summed E-state index contributed by atoms with van der Waals surface area (Å²) >= 11 is 0. The van der Waals surface area contributed by atoms with E-state index in [0.717, 1.165) is 50.9 Å². The topological polar surface area (TPSA) is 84.6 Å². The first-order chi connectivity index (χ1) is 11.2. The van der Waals surface area contributed by atoms with Gasteiger partial charge < -0.3 is 19.9 Å². The summed E-state index contributed by atoms with van der Waals surface area (Å²) in [6.07, 6.45) is 2.75. The lowest BCUT2D eigenvalue weighted by Gasteiger charge is -2.10. The van der Waals surface area contributed by atoms with Gasteiger partial charge in [0, 0.05) is 45.2 Å². The summed E-state index contributed by atoms with van der Waals surface area (Å²) in [5.41, 5.74) is 0. The average molecular weight is 453 g/mol. The molecule has 0 spiro atoms. The minimum absolute atomic E-state index is 0. The second-order valence-electron chi connectivity index (χ2n) is 5.54. The number of aliphatic imine (C=N–C) groups is 1. The fraction of sp³-hybridized carbons (Fsp3) is 0.812. The fourth-order valence-electron chi connectivity index (χ4n) is 1.88. The largest absolute Gasteiger partial charge is 0.382 e. The van der Waals surface area contributed by atoms with Crippen molar-refractivity contribution in [1.29, 1.82) is 0 Å². The molecular weight excluding hydrogens is 421 g/mol. The van der Waals surface area contributed by atoms with E-state index in [0.29, 0.717) is 18.9 Å². The van der Waals surface area contributed by atoms with Crippen molar-refractivity contribution in [3.63, 3.8) is 0 Å². The molecule has 0 saturated heterocycles. The maximum atomic E-state index is 5.32. The van der Waals surface area contributed by atoms with Crippen molar-refractivity contribution in [2.45, 2.75) is 52.9 Å². The molecule has 1 aromatic rings. The molecule has 0 aliphatic rings. The van der Waals surface area contributed by atoms with E-state index < -0.39 is 0 Å². The van der Waals surface area contributed by atoms with Crippen molar-refractivity contribution in [2.24, 2.45) is 4.99 Å². The number of nitrogens with one attached hydrogen (secondary N) is 2. The minimum Gasteiger partial charge on any atom is -0.382 e. The Bertz CT molecular complexity index is 451. The molecule has 140 valence electrons. The van der Waals surface area contributed by atoms with Gasteiger partial charge in [0.05, 0.1) is 0 Å². The molecule has 0 aliphatic carbocycles. The fourth-order valence-corrected chi connectivity index (χ4v) is 1.88. The number of hydrogen-bond donors (Lipinski definition) is 2.